The third-order valence-corrected chi connectivity index (χ3v) is 5.04. The Balaban J connectivity index is 1.61. The minimum absolute atomic E-state index is 0.0790. The van der Waals surface area contributed by atoms with Crippen LogP contribution in [0.3, 0.4) is 0 Å². The molecule has 0 aliphatic heterocycles. The van der Waals surface area contributed by atoms with Crippen LogP contribution in [-0.2, 0) is 15.1 Å². The molecular formula is C19H19NO4S. The number of benzene rings is 2. The highest BCUT2D eigenvalue weighted by molar-refractivity contribution is 7.85. The van der Waals surface area contributed by atoms with Crippen molar-refractivity contribution in [2.24, 2.45) is 5.92 Å². The summed E-state index contributed by atoms with van der Waals surface area (Å²) in [4.78, 5) is 10.5. The van der Waals surface area contributed by atoms with Crippen LogP contribution in [0.25, 0.3) is 11.1 Å². The van der Waals surface area contributed by atoms with Crippen LogP contribution in [0, 0.1) is 5.92 Å². The predicted octanol–water partition coefficient (Wildman–Crippen LogP) is 3.10. The van der Waals surface area contributed by atoms with Gasteiger partial charge < -0.3 is 8.98 Å². The molecule has 3 rings (SSSR count). The Labute approximate surface area is 147 Å². The van der Waals surface area contributed by atoms with Gasteiger partial charge in [-0.3, -0.25) is 0 Å². The van der Waals surface area contributed by atoms with Crippen LogP contribution in [0.15, 0.2) is 66.7 Å². The number of rotatable bonds is 7. The van der Waals surface area contributed by atoms with Crippen LogP contribution >= 0.6 is 0 Å². The fourth-order valence-electron chi connectivity index (χ4n) is 2.83. The van der Waals surface area contributed by atoms with Gasteiger partial charge in [0.15, 0.2) is 0 Å². The number of hydrogen-bond acceptors (Lipinski definition) is 4. The third kappa shape index (κ3) is 4.78. The van der Waals surface area contributed by atoms with Gasteiger partial charge in [-0.1, -0.05) is 54.6 Å². The van der Waals surface area contributed by atoms with Gasteiger partial charge in [-0.15, -0.1) is 0 Å². The SMILES string of the molecule is O=CCC1C=CC(NS(=O)(=O)Oc2ccc(-c3ccccc3)cc2)C1. The zero-order chi connectivity index (χ0) is 17.7. The second kappa shape index (κ2) is 7.63. The van der Waals surface area contributed by atoms with E-state index >= 15 is 0 Å². The summed E-state index contributed by atoms with van der Waals surface area (Å²) in [5.74, 6) is 0.328. The molecule has 0 saturated carbocycles. The minimum atomic E-state index is -3.92. The third-order valence-electron chi connectivity index (χ3n) is 4.03. The second-order valence-electron chi connectivity index (χ2n) is 5.94. The highest BCUT2D eigenvalue weighted by atomic mass is 32.2. The maximum absolute atomic E-state index is 12.1. The predicted molar refractivity (Wildman–Crippen MR) is 96.3 cm³/mol. The van der Waals surface area contributed by atoms with Gasteiger partial charge >= 0.3 is 10.3 Å². The maximum Gasteiger partial charge on any atom is 0.383 e. The molecule has 0 bridgehead atoms. The number of aldehydes is 1. The van der Waals surface area contributed by atoms with Crippen molar-refractivity contribution in [1.29, 1.82) is 0 Å². The zero-order valence-corrected chi connectivity index (χ0v) is 14.4. The molecule has 2 aromatic rings. The molecule has 6 heteroatoms. The Morgan fingerprint density at radius 3 is 2.36 bits per heavy atom. The van der Waals surface area contributed by atoms with Crippen molar-refractivity contribution in [3.63, 3.8) is 0 Å². The van der Waals surface area contributed by atoms with Gasteiger partial charge in [-0.25, -0.2) is 0 Å². The molecule has 5 nitrogen and oxygen atoms in total. The summed E-state index contributed by atoms with van der Waals surface area (Å²) in [5.41, 5.74) is 2.03. The molecular weight excluding hydrogens is 338 g/mol. The largest absolute Gasteiger partial charge is 0.383 e. The number of nitrogens with one attached hydrogen (secondary N) is 1. The summed E-state index contributed by atoms with van der Waals surface area (Å²) in [7, 11) is -3.92. The van der Waals surface area contributed by atoms with Gasteiger partial charge in [0.2, 0.25) is 0 Å². The molecule has 1 aliphatic rings. The van der Waals surface area contributed by atoms with E-state index < -0.39 is 10.3 Å². The molecule has 1 aliphatic carbocycles. The number of hydrogen-bond donors (Lipinski definition) is 1. The van der Waals surface area contributed by atoms with Crippen LogP contribution in [-0.4, -0.2) is 20.7 Å². The van der Waals surface area contributed by atoms with Crippen LogP contribution in [0.5, 0.6) is 5.75 Å². The summed E-state index contributed by atoms with van der Waals surface area (Å²) >= 11 is 0. The first kappa shape index (κ1) is 17.4. The molecule has 2 unspecified atom stereocenters. The molecule has 2 aromatic carbocycles. The lowest BCUT2D eigenvalue weighted by Gasteiger charge is -2.13. The van der Waals surface area contributed by atoms with E-state index in [1.807, 2.05) is 48.5 Å². The molecule has 0 radical (unpaired) electrons. The molecule has 0 amide bonds. The van der Waals surface area contributed by atoms with Crippen molar-refractivity contribution in [1.82, 2.24) is 4.72 Å². The molecule has 25 heavy (non-hydrogen) atoms. The molecule has 0 aromatic heterocycles. The molecule has 0 fully saturated rings. The summed E-state index contributed by atoms with van der Waals surface area (Å²) < 4.78 is 31.9. The standard InChI is InChI=1S/C19H19NO4S/c21-13-12-15-6-9-18(14-15)20-25(22,23)24-19-10-7-17(8-11-19)16-4-2-1-3-5-16/h1-11,13,15,18,20H,12,14H2. The Bertz CT molecular complexity index is 845. The van der Waals surface area contributed by atoms with Gasteiger partial charge in [-0.05, 0) is 35.6 Å². The first-order valence-electron chi connectivity index (χ1n) is 8.05. The van der Waals surface area contributed by atoms with E-state index in [1.165, 1.54) is 0 Å². The fourth-order valence-corrected chi connectivity index (χ4v) is 3.79. The molecule has 1 N–H and O–H groups in total. The average molecular weight is 357 g/mol. The second-order valence-corrected chi connectivity index (χ2v) is 7.25. The first-order valence-corrected chi connectivity index (χ1v) is 9.46. The van der Waals surface area contributed by atoms with Crippen molar-refractivity contribution >= 4 is 16.6 Å². The number of allylic oxidation sites excluding steroid dienone is 1. The van der Waals surface area contributed by atoms with Gasteiger partial charge in [0.25, 0.3) is 0 Å². The van der Waals surface area contributed by atoms with E-state index in [9.17, 15) is 13.2 Å². The molecule has 0 heterocycles. The molecule has 0 saturated heterocycles. The van der Waals surface area contributed by atoms with Crippen LogP contribution in [0.1, 0.15) is 12.8 Å². The van der Waals surface area contributed by atoms with E-state index in [0.29, 0.717) is 12.8 Å². The molecule has 2 atom stereocenters. The minimum Gasteiger partial charge on any atom is -0.371 e. The Kier molecular flexibility index (Phi) is 5.31. The topological polar surface area (TPSA) is 72.5 Å². The van der Waals surface area contributed by atoms with Crippen LogP contribution < -0.4 is 8.91 Å². The Hall–Kier alpha value is -2.44. The number of carbonyl (C=O) groups excluding carboxylic acids is 1. The van der Waals surface area contributed by atoms with E-state index in [0.717, 1.165) is 17.4 Å². The number of carbonyl (C=O) groups is 1. The highest BCUT2D eigenvalue weighted by Crippen LogP contribution is 2.24. The summed E-state index contributed by atoms with van der Waals surface area (Å²) in [6, 6.07) is 16.3. The molecule has 130 valence electrons. The monoisotopic (exact) mass is 357 g/mol. The van der Waals surface area contributed by atoms with E-state index in [2.05, 4.69) is 4.72 Å². The van der Waals surface area contributed by atoms with Gasteiger partial charge in [0.1, 0.15) is 12.0 Å². The lowest BCUT2D eigenvalue weighted by Crippen LogP contribution is -2.35. The van der Waals surface area contributed by atoms with Crippen molar-refractivity contribution in [2.75, 3.05) is 0 Å². The maximum atomic E-state index is 12.1. The normalized spacial score (nSPS) is 19.7. The van der Waals surface area contributed by atoms with Gasteiger partial charge in [0, 0.05) is 12.5 Å². The van der Waals surface area contributed by atoms with Crippen molar-refractivity contribution < 1.29 is 17.4 Å². The van der Waals surface area contributed by atoms with E-state index in [1.54, 1.807) is 18.2 Å². The molecule has 0 spiro atoms. The summed E-state index contributed by atoms with van der Waals surface area (Å²) in [6.07, 6.45) is 5.42. The Morgan fingerprint density at radius 2 is 1.68 bits per heavy atom. The zero-order valence-electron chi connectivity index (χ0n) is 13.5. The average Bonchev–Trinajstić information content (AvgIpc) is 3.02. The first-order chi connectivity index (χ1) is 12.1. The van der Waals surface area contributed by atoms with Gasteiger partial charge in [0.05, 0.1) is 0 Å². The van der Waals surface area contributed by atoms with Crippen molar-refractivity contribution in [3.8, 4) is 16.9 Å². The highest BCUT2D eigenvalue weighted by Gasteiger charge is 2.24. The smallest absolute Gasteiger partial charge is 0.371 e. The van der Waals surface area contributed by atoms with Crippen molar-refractivity contribution in [3.05, 3.63) is 66.7 Å². The van der Waals surface area contributed by atoms with Crippen LogP contribution in [0.4, 0.5) is 0 Å². The quantitative estimate of drug-likeness (QED) is 0.610. The lowest BCUT2D eigenvalue weighted by molar-refractivity contribution is -0.108. The fraction of sp³-hybridized carbons (Fsp3) is 0.211. The van der Waals surface area contributed by atoms with Gasteiger partial charge in [-0.2, -0.15) is 13.1 Å². The van der Waals surface area contributed by atoms with Crippen molar-refractivity contribution in [2.45, 2.75) is 18.9 Å². The summed E-state index contributed by atoms with van der Waals surface area (Å²) in [6.45, 7) is 0. The van der Waals surface area contributed by atoms with E-state index in [-0.39, 0.29) is 17.7 Å². The Morgan fingerprint density at radius 1 is 1.00 bits per heavy atom. The van der Waals surface area contributed by atoms with Crippen LogP contribution in [0.2, 0.25) is 0 Å². The van der Waals surface area contributed by atoms with E-state index in [4.69, 9.17) is 4.18 Å². The lowest BCUT2D eigenvalue weighted by atomic mass is 10.1. The summed E-state index contributed by atoms with van der Waals surface area (Å²) in [5, 5.41) is 0.